The summed E-state index contributed by atoms with van der Waals surface area (Å²) in [6, 6.07) is 14.8. The number of aromatic nitrogens is 6. The van der Waals surface area contributed by atoms with Gasteiger partial charge in [0, 0.05) is 34.7 Å². The Morgan fingerprint density at radius 3 is 2.76 bits per heavy atom. The van der Waals surface area contributed by atoms with Crippen molar-refractivity contribution in [3.8, 4) is 22.8 Å². The van der Waals surface area contributed by atoms with E-state index in [2.05, 4.69) is 25.6 Å². The molecule has 0 unspecified atom stereocenters. The molecule has 0 amide bonds. The number of H-pyrrole nitrogens is 1. The minimum absolute atomic E-state index is 0.0468. The molecule has 1 aliphatic heterocycles. The standard InChI is InChI=1S/C30H27FN6O4/c1-29(28-34-36-37-35-28)16-41-27-21(29)15-24(33-26(27)17-6-8-20(31)9-7-17)30(2,39)11-10-22(38)19-13-18-5-4-12-32-25(18)23(14-19)40-3/h4-9,12-15,39H,10-11,16H2,1-3H3,(H,34,35,36,37)/t29-,30-/m0/s1. The van der Waals surface area contributed by atoms with Crippen LogP contribution in [-0.4, -0.2) is 55.2 Å². The Morgan fingerprint density at radius 1 is 1.22 bits per heavy atom. The van der Waals surface area contributed by atoms with Gasteiger partial charge in [-0.3, -0.25) is 9.78 Å². The van der Waals surface area contributed by atoms with E-state index in [4.69, 9.17) is 14.5 Å². The van der Waals surface area contributed by atoms with Crippen LogP contribution < -0.4 is 9.47 Å². The minimum Gasteiger partial charge on any atom is -0.494 e. The summed E-state index contributed by atoms with van der Waals surface area (Å²) in [6.45, 7) is 3.76. The van der Waals surface area contributed by atoms with Crippen molar-refractivity contribution in [1.29, 1.82) is 0 Å². The first-order valence-electron chi connectivity index (χ1n) is 13.1. The number of aliphatic hydroxyl groups is 1. The van der Waals surface area contributed by atoms with Crippen LogP contribution in [0, 0.1) is 5.82 Å². The number of benzene rings is 2. The van der Waals surface area contributed by atoms with Gasteiger partial charge in [-0.25, -0.2) is 9.37 Å². The summed E-state index contributed by atoms with van der Waals surface area (Å²) in [5.41, 5.74) is 0.962. The van der Waals surface area contributed by atoms with Crippen molar-refractivity contribution in [2.24, 2.45) is 0 Å². The minimum atomic E-state index is -1.50. The lowest BCUT2D eigenvalue weighted by Crippen LogP contribution is -2.29. The number of carbonyl (C=O) groups is 1. The molecular formula is C30H27FN6O4. The van der Waals surface area contributed by atoms with E-state index < -0.39 is 11.0 Å². The monoisotopic (exact) mass is 554 g/mol. The number of aromatic amines is 1. The van der Waals surface area contributed by atoms with Gasteiger partial charge >= 0.3 is 0 Å². The van der Waals surface area contributed by atoms with Crippen LogP contribution in [0.15, 0.2) is 60.8 Å². The molecule has 2 N–H and O–H groups in total. The predicted molar refractivity (Wildman–Crippen MR) is 147 cm³/mol. The number of rotatable bonds is 8. The number of nitrogens with zero attached hydrogens (tertiary/aromatic N) is 5. The molecule has 4 heterocycles. The molecule has 6 rings (SSSR count). The van der Waals surface area contributed by atoms with Crippen molar-refractivity contribution in [3.63, 3.8) is 0 Å². The first kappa shape index (κ1) is 26.5. The number of hydrogen-bond acceptors (Lipinski definition) is 9. The molecule has 11 heteroatoms. The second-order valence-corrected chi connectivity index (χ2v) is 10.5. The van der Waals surface area contributed by atoms with E-state index in [1.165, 1.54) is 19.2 Å². The molecule has 0 fully saturated rings. The number of Topliss-reactive ketones (excluding diaryl/α,β-unsaturated/α-hetero) is 1. The van der Waals surface area contributed by atoms with Crippen LogP contribution in [0.3, 0.4) is 0 Å². The summed E-state index contributed by atoms with van der Waals surface area (Å²) < 4.78 is 25.3. The first-order valence-corrected chi connectivity index (χ1v) is 13.1. The van der Waals surface area contributed by atoms with Crippen molar-refractivity contribution in [3.05, 3.63) is 89.3 Å². The Bertz CT molecular complexity index is 1760. The molecule has 0 bridgehead atoms. The van der Waals surface area contributed by atoms with Gasteiger partial charge in [-0.05, 0) is 68.8 Å². The van der Waals surface area contributed by atoms with Gasteiger partial charge in [0.15, 0.2) is 11.6 Å². The van der Waals surface area contributed by atoms with E-state index in [0.29, 0.717) is 50.9 Å². The lowest BCUT2D eigenvalue weighted by atomic mass is 9.81. The van der Waals surface area contributed by atoms with E-state index in [-0.39, 0.29) is 31.0 Å². The topological polar surface area (TPSA) is 136 Å². The zero-order chi connectivity index (χ0) is 28.8. The van der Waals surface area contributed by atoms with Gasteiger partial charge < -0.3 is 14.6 Å². The number of fused-ring (bicyclic) bond motifs is 2. The predicted octanol–water partition coefficient (Wildman–Crippen LogP) is 4.53. The van der Waals surface area contributed by atoms with Crippen molar-refractivity contribution in [1.82, 2.24) is 30.6 Å². The Hall–Kier alpha value is -4.77. The maximum Gasteiger partial charge on any atom is 0.188 e. The molecule has 0 saturated carbocycles. The Kier molecular flexibility index (Phi) is 6.46. The third-order valence-corrected chi connectivity index (χ3v) is 7.63. The number of methoxy groups -OCH3 is 1. The summed E-state index contributed by atoms with van der Waals surface area (Å²) in [6.07, 6.45) is 1.81. The number of carbonyl (C=O) groups excluding carboxylic acids is 1. The largest absolute Gasteiger partial charge is 0.494 e. The highest BCUT2D eigenvalue weighted by Gasteiger charge is 2.45. The van der Waals surface area contributed by atoms with Crippen molar-refractivity contribution in [2.75, 3.05) is 13.7 Å². The average Bonchev–Trinajstić information content (AvgIpc) is 3.65. The second-order valence-electron chi connectivity index (χ2n) is 10.5. The van der Waals surface area contributed by atoms with Crippen molar-refractivity contribution < 1.29 is 23.8 Å². The van der Waals surface area contributed by atoms with Crippen LogP contribution in [0.2, 0.25) is 0 Å². The first-order chi connectivity index (χ1) is 19.7. The van der Waals surface area contributed by atoms with Crippen LogP contribution in [0.1, 0.15) is 54.1 Å². The average molecular weight is 555 g/mol. The number of ether oxygens (including phenoxy) is 2. The molecule has 41 heavy (non-hydrogen) atoms. The smallest absolute Gasteiger partial charge is 0.188 e. The third kappa shape index (κ3) is 4.67. The van der Waals surface area contributed by atoms with Gasteiger partial charge in [-0.15, -0.1) is 10.2 Å². The number of hydrogen-bond donors (Lipinski definition) is 2. The van der Waals surface area contributed by atoms with Crippen LogP contribution in [-0.2, 0) is 11.0 Å². The molecule has 208 valence electrons. The van der Waals surface area contributed by atoms with Crippen molar-refractivity contribution in [2.45, 2.75) is 37.7 Å². The Labute approximate surface area is 234 Å². The van der Waals surface area contributed by atoms with Crippen LogP contribution in [0.5, 0.6) is 11.5 Å². The summed E-state index contributed by atoms with van der Waals surface area (Å²) in [5.74, 6) is 0.882. The quantitative estimate of drug-likeness (QED) is 0.265. The highest BCUT2D eigenvalue weighted by Crippen LogP contribution is 2.47. The fraction of sp³-hybridized carbons (Fsp3) is 0.267. The molecule has 1 aliphatic rings. The second kappa shape index (κ2) is 10.0. The highest BCUT2D eigenvalue weighted by atomic mass is 19.1. The summed E-state index contributed by atoms with van der Waals surface area (Å²) in [4.78, 5) is 22.4. The molecule has 5 aromatic rings. The zero-order valence-electron chi connectivity index (χ0n) is 22.7. The zero-order valence-corrected chi connectivity index (χ0v) is 22.7. The highest BCUT2D eigenvalue weighted by molar-refractivity contribution is 6.01. The lowest BCUT2D eigenvalue weighted by Gasteiger charge is -2.26. The molecule has 10 nitrogen and oxygen atoms in total. The van der Waals surface area contributed by atoms with Gasteiger partial charge in [-0.2, -0.15) is 5.21 Å². The van der Waals surface area contributed by atoms with Gasteiger partial charge in [0.1, 0.15) is 40.7 Å². The van der Waals surface area contributed by atoms with Crippen LogP contribution in [0.4, 0.5) is 4.39 Å². The van der Waals surface area contributed by atoms with Crippen LogP contribution >= 0.6 is 0 Å². The number of ketones is 1. The van der Waals surface area contributed by atoms with Gasteiger partial charge in [0.2, 0.25) is 0 Å². The van der Waals surface area contributed by atoms with E-state index in [0.717, 1.165) is 5.39 Å². The van der Waals surface area contributed by atoms with Crippen molar-refractivity contribution >= 4 is 16.7 Å². The van der Waals surface area contributed by atoms with E-state index in [9.17, 15) is 14.3 Å². The van der Waals surface area contributed by atoms with Gasteiger partial charge in [-0.1, -0.05) is 11.3 Å². The fourth-order valence-electron chi connectivity index (χ4n) is 5.15. The summed E-state index contributed by atoms with van der Waals surface area (Å²) >= 11 is 0. The van der Waals surface area contributed by atoms with E-state index in [1.54, 1.807) is 49.5 Å². The summed E-state index contributed by atoms with van der Waals surface area (Å²) in [7, 11) is 1.53. The maximum absolute atomic E-state index is 13.7. The number of tetrazole rings is 1. The normalized spacial score (nSPS) is 17.6. The summed E-state index contributed by atoms with van der Waals surface area (Å²) in [5, 5.41) is 27.0. The van der Waals surface area contributed by atoms with E-state index in [1.807, 2.05) is 13.0 Å². The molecule has 2 atom stereocenters. The van der Waals surface area contributed by atoms with E-state index >= 15 is 0 Å². The molecule has 3 aromatic heterocycles. The Balaban J connectivity index is 1.36. The fourth-order valence-corrected chi connectivity index (χ4v) is 5.15. The number of nitrogens with one attached hydrogen (secondary N) is 1. The molecule has 0 spiro atoms. The SMILES string of the molecule is COc1cc(C(=O)CC[C@](C)(O)c2cc3c(c(-c4ccc(F)cc4)n2)OC[C@]3(C)c2nn[nH]n2)cc2cccnc12. The molecule has 2 aromatic carbocycles. The molecule has 0 aliphatic carbocycles. The molecular weight excluding hydrogens is 527 g/mol. The number of halogens is 1. The number of pyridine rings is 2. The van der Waals surface area contributed by atoms with Crippen LogP contribution in [0.25, 0.3) is 22.2 Å². The molecule has 0 radical (unpaired) electrons. The van der Waals surface area contributed by atoms with Gasteiger partial charge in [0.05, 0.1) is 18.2 Å². The van der Waals surface area contributed by atoms with Gasteiger partial charge in [0.25, 0.3) is 0 Å². The molecule has 0 saturated heterocycles. The third-order valence-electron chi connectivity index (χ3n) is 7.63. The lowest BCUT2D eigenvalue weighted by molar-refractivity contribution is 0.0397. The maximum atomic E-state index is 13.7. The Morgan fingerprint density at radius 2 is 2.02 bits per heavy atom.